The summed E-state index contributed by atoms with van der Waals surface area (Å²) < 4.78 is 0.891. The van der Waals surface area contributed by atoms with Crippen molar-refractivity contribution >= 4 is 27.5 Å². The zero-order valence-corrected chi connectivity index (χ0v) is 10.5. The number of amidine groups is 1. The molecule has 0 radical (unpaired) electrons. The van der Waals surface area contributed by atoms with Crippen LogP contribution in [0.2, 0.25) is 0 Å². The van der Waals surface area contributed by atoms with Crippen LogP contribution in [0.5, 0.6) is 0 Å². The average molecular weight is 288 g/mol. The number of rotatable bonds is 4. The van der Waals surface area contributed by atoms with Crippen LogP contribution in [-0.4, -0.2) is 36.3 Å². The van der Waals surface area contributed by atoms with Crippen molar-refractivity contribution in [3.05, 3.63) is 28.2 Å². The highest BCUT2D eigenvalue weighted by atomic mass is 79.9. The lowest BCUT2D eigenvalue weighted by atomic mass is 10.1. The van der Waals surface area contributed by atoms with Gasteiger partial charge in [-0.3, -0.25) is 0 Å². The third-order valence-corrected chi connectivity index (χ3v) is 2.68. The summed E-state index contributed by atoms with van der Waals surface area (Å²) >= 11 is 3.35. The molecular weight excluding hydrogens is 274 g/mol. The van der Waals surface area contributed by atoms with Gasteiger partial charge in [-0.25, -0.2) is 0 Å². The van der Waals surface area contributed by atoms with Gasteiger partial charge in [0.15, 0.2) is 5.84 Å². The summed E-state index contributed by atoms with van der Waals surface area (Å²) in [5, 5.41) is 20.5. The first kappa shape index (κ1) is 12.8. The van der Waals surface area contributed by atoms with E-state index >= 15 is 0 Å². The number of nitrogens with two attached hydrogens (primary N) is 1. The van der Waals surface area contributed by atoms with Gasteiger partial charge in [-0.2, -0.15) is 0 Å². The summed E-state index contributed by atoms with van der Waals surface area (Å²) in [7, 11) is 1.83. The monoisotopic (exact) mass is 287 g/mol. The highest BCUT2D eigenvalue weighted by Crippen LogP contribution is 2.24. The number of nitrogens with zero attached hydrogens (tertiary/aromatic N) is 2. The van der Waals surface area contributed by atoms with Crippen molar-refractivity contribution in [3.63, 3.8) is 0 Å². The van der Waals surface area contributed by atoms with Gasteiger partial charge in [-0.1, -0.05) is 21.1 Å². The molecule has 0 saturated heterocycles. The Labute approximate surface area is 102 Å². The van der Waals surface area contributed by atoms with Crippen LogP contribution in [0, 0.1) is 0 Å². The van der Waals surface area contributed by atoms with Crippen LogP contribution in [0.25, 0.3) is 0 Å². The molecule has 0 bridgehead atoms. The van der Waals surface area contributed by atoms with E-state index in [0.717, 1.165) is 10.2 Å². The number of aliphatic hydroxyl groups is 1. The first-order valence-corrected chi connectivity index (χ1v) is 5.49. The van der Waals surface area contributed by atoms with Crippen LogP contribution >= 0.6 is 15.9 Å². The van der Waals surface area contributed by atoms with Gasteiger partial charge in [-0.15, -0.1) is 0 Å². The topological polar surface area (TPSA) is 82.1 Å². The number of benzene rings is 1. The summed E-state index contributed by atoms with van der Waals surface area (Å²) in [6.45, 7) is 0.515. The summed E-state index contributed by atoms with van der Waals surface area (Å²) in [5.41, 5.74) is 6.99. The molecule has 0 aliphatic heterocycles. The fraction of sp³-hybridized carbons (Fsp3) is 0.300. The summed E-state index contributed by atoms with van der Waals surface area (Å²) in [6, 6.07) is 5.41. The molecule has 88 valence electrons. The molecule has 0 unspecified atom stereocenters. The van der Waals surface area contributed by atoms with Gasteiger partial charge in [0.25, 0.3) is 0 Å². The van der Waals surface area contributed by atoms with E-state index in [4.69, 9.17) is 16.0 Å². The summed E-state index contributed by atoms with van der Waals surface area (Å²) in [4.78, 5) is 1.83. The molecule has 0 amide bonds. The maximum atomic E-state index is 8.89. The fourth-order valence-corrected chi connectivity index (χ4v) is 1.71. The minimum atomic E-state index is 0.0403. The molecule has 0 aliphatic rings. The number of halogens is 1. The predicted octanol–water partition coefficient (Wildman–Crippen LogP) is 0.972. The molecule has 0 aromatic heterocycles. The SMILES string of the molecule is CN(CCO)c1cc(Br)ccc1/C(N)=N/O. The molecule has 5 nitrogen and oxygen atoms in total. The van der Waals surface area contributed by atoms with E-state index < -0.39 is 0 Å². The Morgan fingerprint density at radius 3 is 2.81 bits per heavy atom. The predicted molar refractivity (Wildman–Crippen MR) is 67.0 cm³/mol. The number of anilines is 1. The van der Waals surface area contributed by atoms with Crippen LogP contribution in [0.1, 0.15) is 5.56 Å². The second-order valence-corrected chi connectivity index (χ2v) is 4.21. The lowest BCUT2D eigenvalue weighted by molar-refractivity contribution is 0.304. The van der Waals surface area contributed by atoms with E-state index in [0.29, 0.717) is 12.1 Å². The molecule has 0 aliphatic carbocycles. The number of hydrogen-bond donors (Lipinski definition) is 3. The van der Waals surface area contributed by atoms with Crippen LogP contribution in [-0.2, 0) is 0 Å². The number of oxime groups is 1. The molecule has 1 rings (SSSR count). The molecule has 6 heteroatoms. The first-order valence-electron chi connectivity index (χ1n) is 4.69. The first-order chi connectivity index (χ1) is 7.60. The lowest BCUT2D eigenvalue weighted by Crippen LogP contribution is -2.25. The summed E-state index contributed by atoms with van der Waals surface area (Å²) in [6.07, 6.45) is 0. The van der Waals surface area contributed by atoms with Gasteiger partial charge in [0.1, 0.15) is 0 Å². The molecule has 4 N–H and O–H groups in total. The van der Waals surface area contributed by atoms with E-state index in [-0.39, 0.29) is 12.4 Å². The smallest absolute Gasteiger partial charge is 0.172 e. The third kappa shape index (κ3) is 2.86. The normalized spacial score (nSPS) is 11.6. The van der Waals surface area contributed by atoms with Crippen LogP contribution in [0.4, 0.5) is 5.69 Å². The van der Waals surface area contributed by atoms with Gasteiger partial charge < -0.3 is 20.9 Å². The second-order valence-electron chi connectivity index (χ2n) is 3.29. The van der Waals surface area contributed by atoms with Crippen molar-refractivity contribution in [2.75, 3.05) is 25.1 Å². The minimum Gasteiger partial charge on any atom is -0.409 e. The van der Waals surface area contributed by atoms with Gasteiger partial charge in [-0.05, 0) is 18.2 Å². The van der Waals surface area contributed by atoms with Crippen molar-refractivity contribution in [2.24, 2.45) is 10.9 Å². The fourth-order valence-electron chi connectivity index (χ4n) is 1.36. The highest BCUT2D eigenvalue weighted by Gasteiger charge is 2.11. The molecule has 0 atom stereocenters. The maximum Gasteiger partial charge on any atom is 0.172 e. The quantitative estimate of drug-likeness (QED) is 0.334. The van der Waals surface area contributed by atoms with Crippen molar-refractivity contribution in [1.29, 1.82) is 0 Å². The van der Waals surface area contributed by atoms with Gasteiger partial charge in [0.05, 0.1) is 6.61 Å². The van der Waals surface area contributed by atoms with E-state index in [1.54, 1.807) is 6.07 Å². The van der Waals surface area contributed by atoms with E-state index in [9.17, 15) is 0 Å². The summed E-state index contributed by atoms with van der Waals surface area (Å²) in [5.74, 6) is 0.0484. The van der Waals surface area contributed by atoms with Crippen LogP contribution < -0.4 is 10.6 Å². The minimum absolute atomic E-state index is 0.0403. The van der Waals surface area contributed by atoms with Gasteiger partial charge in [0, 0.05) is 29.3 Å². The maximum absolute atomic E-state index is 8.89. The van der Waals surface area contributed by atoms with Gasteiger partial charge >= 0.3 is 0 Å². The Kier molecular flexibility index (Phi) is 4.57. The van der Waals surface area contributed by atoms with Crippen LogP contribution in [0.3, 0.4) is 0 Å². The van der Waals surface area contributed by atoms with Crippen LogP contribution in [0.15, 0.2) is 27.8 Å². The van der Waals surface area contributed by atoms with Crippen molar-refractivity contribution in [3.8, 4) is 0 Å². The Bertz CT molecular complexity index is 396. The standard InChI is InChI=1S/C10H14BrN3O2/c1-14(4-5-15)9-6-7(11)2-3-8(9)10(12)13-16/h2-3,6,15-16H,4-5H2,1H3,(H2,12,13). The zero-order valence-electron chi connectivity index (χ0n) is 8.89. The van der Waals surface area contributed by atoms with E-state index in [2.05, 4.69) is 21.1 Å². The largest absolute Gasteiger partial charge is 0.409 e. The molecular formula is C10H14BrN3O2. The van der Waals surface area contributed by atoms with E-state index in [1.807, 2.05) is 24.1 Å². The molecule has 0 spiro atoms. The molecule has 0 fully saturated rings. The van der Waals surface area contributed by atoms with Crippen molar-refractivity contribution < 1.29 is 10.3 Å². The lowest BCUT2D eigenvalue weighted by Gasteiger charge is -2.21. The number of aliphatic hydroxyl groups excluding tert-OH is 1. The average Bonchev–Trinajstić information content (AvgIpc) is 2.28. The Balaban J connectivity index is 3.17. The van der Waals surface area contributed by atoms with Crippen molar-refractivity contribution in [2.45, 2.75) is 0 Å². The highest BCUT2D eigenvalue weighted by molar-refractivity contribution is 9.10. The number of likely N-dealkylation sites (N-methyl/N-ethyl adjacent to an activating group) is 1. The second kappa shape index (κ2) is 5.72. The molecule has 1 aromatic rings. The zero-order chi connectivity index (χ0) is 12.1. The van der Waals surface area contributed by atoms with Crippen molar-refractivity contribution in [1.82, 2.24) is 0 Å². The molecule has 16 heavy (non-hydrogen) atoms. The molecule has 0 heterocycles. The molecule has 1 aromatic carbocycles. The van der Waals surface area contributed by atoms with Gasteiger partial charge in [0.2, 0.25) is 0 Å². The third-order valence-electron chi connectivity index (χ3n) is 2.19. The van der Waals surface area contributed by atoms with E-state index in [1.165, 1.54) is 0 Å². The Hall–Kier alpha value is -1.27. The Morgan fingerprint density at radius 2 is 2.25 bits per heavy atom. The Morgan fingerprint density at radius 1 is 1.56 bits per heavy atom. The number of hydrogen-bond acceptors (Lipinski definition) is 4. The molecule has 0 saturated carbocycles.